The molecule has 0 amide bonds. The second kappa shape index (κ2) is 5.54. The van der Waals surface area contributed by atoms with E-state index in [1.807, 2.05) is 6.33 Å². The van der Waals surface area contributed by atoms with Gasteiger partial charge in [-0.25, -0.2) is 15.0 Å². The molecule has 1 saturated carbocycles. The SMILES string of the molecule is CC(C)(C)c1nc(CCNc2ncnc3c2ncn3C2CC2)no1. The summed E-state index contributed by atoms with van der Waals surface area (Å²) in [6.07, 6.45) is 6.50. The summed E-state index contributed by atoms with van der Waals surface area (Å²) in [7, 11) is 0. The number of hydrogen-bond donors (Lipinski definition) is 1. The van der Waals surface area contributed by atoms with Crippen molar-refractivity contribution in [2.24, 2.45) is 0 Å². The summed E-state index contributed by atoms with van der Waals surface area (Å²) in [6, 6.07) is 0.549. The Balaban J connectivity index is 1.44. The minimum atomic E-state index is -0.132. The van der Waals surface area contributed by atoms with Crippen molar-refractivity contribution < 1.29 is 4.52 Å². The molecule has 0 saturated heterocycles. The molecule has 0 radical (unpaired) electrons. The fraction of sp³-hybridized carbons (Fsp3) is 0.562. The molecule has 1 aliphatic carbocycles. The van der Waals surface area contributed by atoms with Gasteiger partial charge in [-0.15, -0.1) is 0 Å². The van der Waals surface area contributed by atoms with Gasteiger partial charge in [0.15, 0.2) is 17.3 Å². The predicted molar refractivity (Wildman–Crippen MR) is 88.8 cm³/mol. The lowest BCUT2D eigenvalue weighted by molar-refractivity contribution is 0.318. The fourth-order valence-electron chi connectivity index (χ4n) is 2.55. The number of nitrogens with zero attached hydrogens (tertiary/aromatic N) is 6. The minimum Gasteiger partial charge on any atom is -0.368 e. The first-order valence-corrected chi connectivity index (χ1v) is 8.27. The molecule has 8 heteroatoms. The van der Waals surface area contributed by atoms with E-state index in [0.717, 1.165) is 17.0 Å². The van der Waals surface area contributed by atoms with Gasteiger partial charge in [-0.3, -0.25) is 0 Å². The van der Waals surface area contributed by atoms with Crippen molar-refractivity contribution in [1.29, 1.82) is 0 Å². The van der Waals surface area contributed by atoms with Gasteiger partial charge in [0.2, 0.25) is 5.89 Å². The van der Waals surface area contributed by atoms with Crippen molar-refractivity contribution in [2.75, 3.05) is 11.9 Å². The summed E-state index contributed by atoms with van der Waals surface area (Å²) in [5.74, 6) is 2.10. The summed E-state index contributed by atoms with van der Waals surface area (Å²) in [4.78, 5) is 17.6. The van der Waals surface area contributed by atoms with Crippen LogP contribution in [0.1, 0.15) is 51.4 Å². The highest BCUT2D eigenvalue weighted by atomic mass is 16.5. The number of rotatable bonds is 5. The van der Waals surface area contributed by atoms with Crippen LogP contribution in [0.3, 0.4) is 0 Å². The van der Waals surface area contributed by atoms with Crippen molar-refractivity contribution in [3.8, 4) is 0 Å². The summed E-state index contributed by atoms with van der Waals surface area (Å²) < 4.78 is 7.44. The second-order valence-corrected chi connectivity index (χ2v) is 7.22. The number of nitrogens with one attached hydrogen (secondary N) is 1. The lowest BCUT2D eigenvalue weighted by Gasteiger charge is -2.10. The average molecular weight is 327 g/mol. The summed E-state index contributed by atoms with van der Waals surface area (Å²) in [6.45, 7) is 6.81. The molecule has 0 aliphatic heterocycles. The first-order chi connectivity index (χ1) is 11.5. The Morgan fingerprint density at radius 2 is 2.08 bits per heavy atom. The van der Waals surface area contributed by atoms with E-state index in [2.05, 4.69) is 55.7 Å². The minimum absolute atomic E-state index is 0.132. The van der Waals surface area contributed by atoms with E-state index in [1.165, 1.54) is 12.8 Å². The third-order valence-corrected chi connectivity index (χ3v) is 4.05. The van der Waals surface area contributed by atoms with Gasteiger partial charge >= 0.3 is 0 Å². The Bertz CT molecular complexity index is 857. The molecule has 0 aromatic carbocycles. The molecule has 4 rings (SSSR count). The Hall–Kier alpha value is -2.51. The largest absolute Gasteiger partial charge is 0.368 e. The highest BCUT2D eigenvalue weighted by Crippen LogP contribution is 2.37. The van der Waals surface area contributed by atoms with E-state index < -0.39 is 0 Å². The summed E-state index contributed by atoms with van der Waals surface area (Å²) in [5.41, 5.74) is 1.57. The Kier molecular flexibility index (Phi) is 3.47. The van der Waals surface area contributed by atoms with Gasteiger partial charge in [-0.2, -0.15) is 4.98 Å². The fourth-order valence-corrected chi connectivity index (χ4v) is 2.55. The average Bonchev–Trinajstić information content (AvgIpc) is 3.09. The maximum absolute atomic E-state index is 5.31. The van der Waals surface area contributed by atoms with Gasteiger partial charge < -0.3 is 14.4 Å². The maximum Gasteiger partial charge on any atom is 0.232 e. The molecule has 0 atom stereocenters. The van der Waals surface area contributed by atoms with E-state index in [-0.39, 0.29) is 5.41 Å². The smallest absolute Gasteiger partial charge is 0.232 e. The van der Waals surface area contributed by atoms with Crippen LogP contribution < -0.4 is 5.32 Å². The zero-order valence-corrected chi connectivity index (χ0v) is 14.2. The van der Waals surface area contributed by atoms with Gasteiger partial charge in [-0.05, 0) is 12.8 Å². The van der Waals surface area contributed by atoms with E-state index in [1.54, 1.807) is 6.33 Å². The van der Waals surface area contributed by atoms with Crippen LogP contribution in [0.2, 0.25) is 0 Å². The van der Waals surface area contributed by atoms with Crippen LogP contribution in [-0.4, -0.2) is 36.2 Å². The van der Waals surface area contributed by atoms with E-state index >= 15 is 0 Å². The second-order valence-electron chi connectivity index (χ2n) is 7.22. The monoisotopic (exact) mass is 327 g/mol. The molecule has 3 heterocycles. The van der Waals surface area contributed by atoms with Crippen molar-refractivity contribution in [1.82, 2.24) is 29.7 Å². The van der Waals surface area contributed by atoms with Crippen molar-refractivity contribution in [3.05, 3.63) is 24.4 Å². The van der Waals surface area contributed by atoms with Gasteiger partial charge in [0.25, 0.3) is 0 Å². The van der Waals surface area contributed by atoms with Crippen LogP contribution >= 0.6 is 0 Å². The molecule has 0 unspecified atom stereocenters. The summed E-state index contributed by atoms with van der Waals surface area (Å²) >= 11 is 0. The molecular weight excluding hydrogens is 306 g/mol. The molecule has 3 aromatic rings. The van der Waals surface area contributed by atoms with Crippen molar-refractivity contribution in [3.63, 3.8) is 0 Å². The highest BCUT2D eigenvalue weighted by Gasteiger charge is 2.26. The standard InChI is InChI=1S/C16H21N7O/c1-16(2,3)15-21-11(22-24-15)6-7-17-13-12-14(19-8-18-13)23(9-20-12)10-4-5-10/h8-10H,4-7H2,1-3H3,(H,17,18,19). The molecule has 0 spiro atoms. The quantitative estimate of drug-likeness (QED) is 0.769. The summed E-state index contributed by atoms with van der Waals surface area (Å²) in [5, 5.41) is 7.34. The molecule has 1 fully saturated rings. The first-order valence-electron chi connectivity index (χ1n) is 8.27. The third kappa shape index (κ3) is 2.83. The molecule has 24 heavy (non-hydrogen) atoms. The molecule has 8 nitrogen and oxygen atoms in total. The first kappa shape index (κ1) is 15.0. The van der Waals surface area contributed by atoms with E-state index in [4.69, 9.17) is 4.52 Å². The van der Waals surface area contributed by atoms with Gasteiger partial charge in [0.05, 0.1) is 6.33 Å². The third-order valence-electron chi connectivity index (χ3n) is 4.05. The van der Waals surface area contributed by atoms with Gasteiger partial charge in [0, 0.05) is 24.4 Å². The molecule has 0 bridgehead atoms. The topological polar surface area (TPSA) is 94.6 Å². The van der Waals surface area contributed by atoms with Gasteiger partial charge in [-0.1, -0.05) is 25.9 Å². The Labute approximate surface area is 139 Å². The zero-order valence-electron chi connectivity index (χ0n) is 14.2. The van der Waals surface area contributed by atoms with Crippen molar-refractivity contribution >= 4 is 17.0 Å². The molecule has 1 N–H and O–H groups in total. The van der Waals surface area contributed by atoms with Crippen molar-refractivity contribution in [2.45, 2.75) is 51.5 Å². The molecular formula is C16H21N7O. The van der Waals surface area contributed by atoms with Crippen LogP contribution in [-0.2, 0) is 11.8 Å². The maximum atomic E-state index is 5.31. The molecule has 3 aromatic heterocycles. The Morgan fingerprint density at radius 1 is 1.25 bits per heavy atom. The number of imidazole rings is 1. The van der Waals surface area contributed by atoms with E-state index in [0.29, 0.717) is 30.7 Å². The van der Waals surface area contributed by atoms with E-state index in [9.17, 15) is 0 Å². The van der Waals surface area contributed by atoms with Crippen LogP contribution in [0.25, 0.3) is 11.2 Å². The number of fused-ring (bicyclic) bond motifs is 1. The lowest BCUT2D eigenvalue weighted by atomic mass is 9.97. The predicted octanol–water partition coefficient (Wildman–Crippen LogP) is 2.50. The normalized spacial score (nSPS) is 15.1. The van der Waals surface area contributed by atoms with Crippen LogP contribution in [0, 0.1) is 0 Å². The molecule has 1 aliphatic rings. The van der Waals surface area contributed by atoms with Crippen LogP contribution in [0.15, 0.2) is 17.2 Å². The van der Waals surface area contributed by atoms with Crippen LogP contribution in [0.5, 0.6) is 0 Å². The molecule has 126 valence electrons. The zero-order chi connectivity index (χ0) is 16.7. The highest BCUT2D eigenvalue weighted by molar-refractivity contribution is 5.82. The lowest BCUT2D eigenvalue weighted by Crippen LogP contribution is -2.12. The number of anilines is 1. The number of hydrogen-bond acceptors (Lipinski definition) is 7. The number of aromatic nitrogens is 6. The van der Waals surface area contributed by atoms with Crippen LogP contribution in [0.4, 0.5) is 5.82 Å². The van der Waals surface area contributed by atoms with Gasteiger partial charge in [0.1, 0.15) is 11.8 Å². The Morgan fingerprint density at radius 3 is 2.79 bits per heavy atom.